The summed E-state index contributed by atoms with van der Waals surface area (Å²) in [5.41, 5.74) is 2.11. The van der Waals surface area contributed by atoms with Crippen molar-refractivity contribution in [2.45, 2.75) is 32.6 Å². The highest BCUT2D eigenvalue weighted by Gasteiger charge is 2.12. The number of carboxylic acids is 1. The summed E-state index contributed by atoms with van der Waals surface area (Å²) in [6.45, 7) is 2.05. The summed E-state index contributed by atoms with van der Waals surface area (Å²) in [6, 6.07) is 0. The molecular formula is C10H15BrN2O2. The van der Waals surface area contributed by atoms with Crippen LogP contribution in [0.3, 0.4) is 0 Å². The average Bonchev–Trinajstić information content (AvgIpc) is 2.44. The molecule has 0 aromatic carbocycles. The van der Waals surface area contributed by atoms with E-state index in [-0.39, 0.29) is 6.42 Å². The molecule has 15 heavy (non-hydrogen) atoms. The summed E-state index contributed by atoms with van der Waals surface area (Å²) in [5, 5.41) is 12.9. The lowest BCUT2D eigenvalue weighted by molar-refractivity contribution is -0.137. The minimum atomic E-state index is -0.746. The van der Waals surface area contributed by atoms with Crippen LogP contribution in [0.4, 0.5) is 0 Å². The minimum absolute atomic E-state index is 0.207. The number of halogens is 1. The van der Waals surface area contributed by atoms with E-state index in [0.29, 0.717) is 6.42 Å². The zero-order valence-electron chi connectivity index (χ0n) is 8.96. The molecule has 0 saturated carbocycles. The van der Waals surface area contributed by atoms with Crippen molar-refractivity contribution in [1.29, 1.82) is 0 Å². The van der Waals surface area contributed by atoms with Crippen LogP contribution in [-0.4, -0.2) is 20.9 Å². The van der Waals surface area contributed by atoms with Crippen molar-refractivity contribution in [3.05, 3.63) is 15.9 Å². The molecular weight excluding hydrogens is 260 g/mol. The first-order valence-corrected chi connectivity index (χ1v) is 5.77. The molecule has 5 heteroatoms. The highest BCUT2D eigenvalue weighted by Crippen LogP contribution is 2.22. The van der Waals surface area contributed by atoms with Crippen LogP contribution in [0.2, 0.25) is 0 Å². The van der Waals surface area contributed by atoms with Crippen LogP contribution in [-0.2, 0) is 24.7 Å². The number of hydrogen-bond donors (Lipinski definition) is 1. The smallest absolute Gasteiger partial charge is 0.303 e. The highest BCUT2D eigenvalue weighted by atomic mass is 79.9. The van der Waals surface area contributed by atoms with Gasteiger partial charge in [-0.05, 0) is 35.2 Å². The highest BCUT2D eigenvalue weighted by molar-refractivity contribution is 9.10. The van der Waals surface area contributed by atoms with Gasteiger partial charge < -0.3 is 5.11 Å². The Morgan fingerprint density at radius 3 is 2.73 bits per heavy atom. The maximum absolute atomic E-state index is 10.4. The second kappa shape index (κ2) is 5.30. The van der Waals surface area contributed by atoms with E-state index in [4.69, 9.17) is 5.11 Å². The molecule has 0 bridgehead atoms. The Morgan fingerprint density at radius 2 is 2.27 bits per heavy atom. The Labute approximate surface area is 97.4 Å². The van der Waals surface area contributed by atoms with E-state index >= 15 is 0 Å². The van der Waals surface area contributed by atoms with Gasteiger partial charge in [0.25, 0.3) is 0 Å². The van der Waals surface area contributed by atoms with Gasteiger partial charge >= 0.3 is 5.97 Å². The number of aryl methyl sites for hydroxylation is 2. The van der Waals surface area contributed by atoms with Crippen LogP contribution >= 0.6 is 15.9 Å². The molecule has 0 saturated heterocycles. The lowest BCUT2D eigenvalue weighted by Crippen LogP contribution is -2.01. The molecule has 1 heterocycles. The quantitative estimate of drug-likeness (QED) is 0.895. The summed E-state index contributed by atoms with van der Waals surface area (Å²) in [4.78, 5) is 10.4. The number of rotatable bonds is 5. The van der Waals surface area contributed by atoms with Crippen LogP contribution in [0.5, 0.6) is 0 Å². The number of hydrogen-bond acceptors (Lipinski definition) is 2. The maximum Gasteiger partial charge on any atom is 0.303 e. The summed E-state index contributed by atoms with van der Waals surface area (Å²) in [7, 11) is 1.89. The van der Waals surface area contributed by atoms with Gasteiger partial charge in [0, 0.05) is 13.5 Å². The lowest BCUT2D eigenvalue weighted by atomic mass is 10.2. The van der Waals surface area contributed by atoms with Gasteiger partial charge in [0.15, 0.2) is 0 Å². The molecule has 0 spiro atoms. The summed E-state index contributed by atoms with van der Waals surface area (Å²) in [5.74, 6) is -0.746. The van der Waals surface area contributed by atoms with Crippen LogP contribution in [0.25, 0.3) is 0 Å². The largest absolute Gasteiger partial charge is 0.481 e. The number of aromatic nitrogens is 2. The Bertz CT molecular complexity index is 361. The fourth-order valence-electron chi connectivity index (χ4n) is 1.50. The third kappa shape index (κ3) is 3.06. The molecule has 0 radical (unpaired) electrons. The Hall–Kier alpha value is -0.840. The van der Waals surface area contributed by atoms with Gasteiger partial charge in [-0.1, -0.05) is 6.92 Å². The molecule has 84 valence electrons. The fraction of sp³-hybridized carbons (Fsp3) is 0.600. The van der Waals surface area contributed by atoms with E-state index < -0.39 is 5.97 Å². The average molecular weight is 275 g/mol. The van der Waals surface area contributed by atoms with Crippen molar-refractivity contribution < 1.29 is 9.90 Å². The monoisotopic (exact) mass is 274 g/mol. The van der Waals surface area contributed by atoms with E-state index in [1.54, 1.807) is 0 Å². The Morgan fingerprint density at radius 1 is 1.60 bits per heavy atom. The zero-order chi connectivity index (χ0) is 11.4. The third-order valence-electron chi connectivity index (χ3n) is 2.31. The van der Waals surface area contributed by atoms with Crippen LogP contribution in [0, 0.1) is 0 Å². The molecule has 0 aliphatic carbocycles. The van der Waals surface area contributed by atoms with Gasteiger partial charge in [0.2, 0.25) is 0 Å². The van der Waals surface area contributed by atoms with E-state index in [1.165, 1.54) is 0 Å². The molecule has 0 atom stereocenters. The van der Waals surface area contributed by atoms with E-state index in [1.807, 2.05) is 18.7 Å². The van der Waals surface area contributed by atoms with Crippen molar-refractivity contribution in [1.82, 2.24) is 9.78 Å². The topological polar surface area (TPSA) is 55.1 Å². The Balaban J connectivity index is 2.68. The molecule has 1 aromatic rings. The first kappa shape index (κ1) is 12.2. The molecule has 1 aromatic heterocycles. The molecule has 1 N–H and O–H groups in total. The second-order valence-corrected chi connectivity index (χ2v) is 4.22. The van der Waals surface area contributed by atoms with Gasteiger partial charge in [-0.3, -0.25) is 9.48 Å². The van der Waals surface area contributed by atoms with Gasteiger partial charge in [-0.25, -0.2) is 0 Å². The molecule has 0 fully saturated rings. The molecule has 1 rings (SSSR count). The summed E-state index contributed by atoms with van der Waals surface area (Å²) >= 11 is 3.50. The number of carbonyl (C=O) groups is 1. The molecule has 0 unspecified atom stereocenters. The first-order valence-electron chi connectivity index (χ1n) is 4.98. The van der Waals surface area contributed by atoms with Crippen molar-refractivity contribution in [3.63, 3.8) is 0 Å². The number of nitrogens with zero attached hydrogens (tertiary/aromatic N) is 2. The van der Waals surface area contributed by atoms with Crippen LogP contribution < -0.4 is 0 Å². The van der Waals surface area contributed by atoms with Gasteiger partial charge in [-0.15, -0.1) is 0 Å². The minimum Gasteiger partial charge on any atom is -0.481 e. The van der Waals surface area contributed by atoms with Gasteiger partial charge in [-0.2, -0.15) is 5.10 Å². The van der Waals surface area contributed by atoms with E-state index in [9.17, 15) is 4.79 Å². The number of aliphatic carboxylic acids is 1. The lowest BCUT2D eigenvalue weighted by Gasteiger charge is -2.00. The first-order chi connectivity index (χ1) is 7.06. The fourth-order valence-corrected chi connectivity index (χ4v) is 2.31. The summed E-state index contributed by atoms with van der Waals surface area (Å²) < 4.78 is 2.85. The van der Waals surface area contributed by atoms with Crippen molar-refractivity contribution >= 4 is 21.9 Å². The normalized spacial score (nSPS) is 10.6. The third-order valence-corrected chi connectivity index (χ3v) is 3.22. The predicted molar refractivity (Wildman–Crippen MR) is 60.9 cm³/mol. The van der Waals surface area contributed by atoms with Gasteiger partial charge in [0.05, 0.1) is 15.9 Å². The summed E-state index contributed by atoms with van der Waals surface area (Å²) in [6.07, 6.45) is 2.49. The molecule has 0 aliphatic rings. The second-order valence-electron chi connectivity index (χ2n) is 3.43. The van der Waals surface area contributed by atoms with E-state index in [0.717, 1.165) is 28.7 Å². The van der Waals surface area contributed by atoms with Gasteiger partial charge in [0.1, 0.15) is 0 Å². The zero-order valence-corrected chi connectivity index (χ0v) is 10.5. The maximum atomic E-state index is 10.4. The standard InChI is InChI=1S/C10H15BrN2O2/c1-3-7-10(11)8(13(2)12-7)5-4-6-9(14)15/h3-6H2,1-2H3,(H,14,15). The van der Waals surface area contributed by atoms with Crippen molar-refractivity contribution in [3.8, 4) is 0 Å². The van der Waals surface area contributed by atoms with Crippen LogP contribution in [0.15, 0.2) is 4.47 Å². The van der Waals surface area contributed by atoms with Crippen molar-refractivity contribution in [2.75, 3.05) is 0 Å². The molecule has 0 aliphatic heterocycles. The van der Waals surface area contributed by atoms with Crippen LogP contribution in [0.1, 0.15) is 31.2 Å². The Kier molecular flexibility index (Phi) is 4.32. The number of carboxylic acid groups (broad SMARTS) is 1. The molecule has 4 nitrogen and oxygen atoms in total. The predicted octanol–water partition coefficient (Wildman–Crippen LogP) is 2.15. The van der Waals surface area contributed by atoms with E-state index in [2.05, 4.69) is 21.0 Å². The molecule has 0 amide bonds. The SMILES string of the molecule is CCc1nn(C)c(CCCC(=O)O)c1Br. The van der Waals surface area contributed by atoms with Crippen molar-refractivity contribution in [2.24, 2.45) is 7.05 Å².